The zero-order chi connectivity index (χ0) is 41.4. The Morgan fingerprint density at radius 3 is 1.56 bits per heavy atom. The quantitative estimate of drug-likeness (QED) is 0.168. The molecule has 0 unspecified atom stereocenters. The Morgan fingerprint density at radius 2 is 0.857 bits per heavy atom. The third kappa shape index (κ3) is 5.48. The highest BCUT2D eigenvalue weighted by Gasteiger charge is 2.25. The average Bonchev–Trinajstić information content (AvgIpc) is 4.03. The Bertz CT molecular complexity index is 3830. The Hall–Kier alpha value is -8.61. The first-order valence-electron chi connectivity index (χ1n) is 21.2. The van der Waals surface area contributed by atoms with E-state index in [0.717, 1.165) is 66.6 Å². The molecule has 63 heavy (non-hydrogen) atoms. The first kappa shape index (κ1) is 35.2. The number of benzene rings is 9. The lowest BCUT2D eigenvalue weighted by Gasteiger charge is -2.13. The van der Waals surface area contributed by atoms with Gasteiger partial charge in [-0.2, -0.15) is 0 Å². The van der Waals surface area contributed by atoms with E-state index in [0.29, 0.717) is 17.5 Å². The minimum atomic E-state index is 0.545. The van der Waals surface area contributed by atoms with Crippen molar-refractivity contribution < 1.29 is 4.42 Å². The van der Waals surface area contributed by atoms with Gasteiger partial charge in [0.25, 0.3) is 0 Å². The van der Waals surface area contributed by atoms with Crippen LogP contribution in [0.15, 0.2) is 217 Å². The largest absolute Gasteiger partial charge is 0.455 e. The van der Waals surface area contributed by atoms with Crippen molar-refractivity contribution in [3.05, 3.63) is 212 Å². The molecular formula is C57H35N5O. The minimum Gasteiger partial charge on any atom is -0.455 e. The topological polar surface area (TPSA) is 61.7 Å². The van der Waals surface area contributed by atoms with Crippen LogP contribution in [0.1, 0.15) is 0 Å². The molecule has 9 aromatic carbocycles. The molecule has 6 nitrogen and oxygen atoms in total. The molecule has 13 rings (SSSR count). The highest BCUT2D eigenvalue weighted by Crippen LogP contribution is 2.46. The monoisotopic (exact) mass is 805 g/mol. The number of hydrogen-bond donors (Lipinski definition) is 0. The molecule has 294 valence electrons. The van der Waals surface area contributed by atoms with Crippen LogP contribution < -0.4 is 0 Å². The fraction of sp³-hybridized carbons (Fsp3) is 0. The molecule has 0 N–H and O–H groups in total. The van der Waals surface area contributed by atoms with Gasteiger partial charge in [-0.05, 0) is 71.8 Å². The van der Waals surface area contributed by atoms with Gasteiger partial charge in [-0.1, -0.05) is 152 Å². The molecule has 4 heterocycles. The second-order valence-electron chi connectivity index (χ2n) is 15.9. The second kappa shape index (κ2) is 14.0. The van der Waals surface area contributed by atoms with Crippen LogP contribution in [0.4, 0.5) is 0 Å². The molecule has 4 aromatic heterocycles. The number of rotatable bonds is 6. The van der Waals surface area contributed by atoms with Crippen LogP contribution in [0, 0.1) is 0 Å². The SMILES string of the molecule is c1ccc(-c2ccc3c(c2)c2c4c5ccccc5n(-c5ccccc5)c4ccc2n3-c2ccc(-c3nc(-c4ccccc4)nc(-c4ccccc4)n3)c3oc4ccccc4c23)cc1. The third-order valence-corrected chi connectivity index (χ3v) is 12.4. The molecule has 0 saturated heterocycles. The van der Waals surface area contributed by atoms with Gasteiger partial charge in [-0.3, -0.25) is 0 Å². The van der Waals surface area contributed by atoms with Crippen molar-refractivity contribution in [1.29, 1.82) is 0 Å². The lowest BCUT2D eigenvalue weighted by molar-refractivity contribution is 0.669. The third-order valence-electron chi connectivity index (χ3n) is 12.4. The first-order chi connectivity index (χ1) is 31.3. The van der Waals surface area contributed by atoms with Crippen molar-refractivity contribution in [2.24, 2.45) is 0 Å². The van der Waals surface area contributed by atoms with Crippen LogP contribution in [0.2, 0.25) is 0 Å². The van der Waals surface area contributed by atoms with Gasteiger partial charge >= 0.3 is 0 Å². The van der Waals surface area contributed by atoms with Crippen molar-refractivity contribution in [1.82, 2.24) is 24.1 Å². The summed E-state index contributed by atoms with van der Waals surface area (Å²) >= 11 is 0. The molecule has 0 spiro atoms. The van der Waals surface area contributed by atoms with Crippen LogP contribution in [-0.2, 0) is 0 Å². The van der Waals surface area contributed by atoms with Crippen molar-refractivity contribution in [2.75, 3.05) is 0 Å². The van der Waals surface area contributed by atoms with E-state index >= 15 is 0 Å². The zero-order valence-corrected chi connectivity index (χ0v) is 33.9. The Morgan fingerprint density at radius 1 is 0.333 bits per heavy atom. The van der Waals surface area contributed by atoms with Gasteiger partial charge in [0.2, 0.25) is 0 Å². The summed E-state index contributed by atoms with van der Waals surface area (Å²) in [6, 6.07) is 74.4. The van der Waals surface area contributed by atoms with E-state index in [-0.39, 0.29) is 0 Å². The molecule has 0 radical (unpaired) electrons. The maximum absolute atomic E-state index is 6.93. The minimum absolute atomic E-state index is 0.545. The van der Waals surface area contributed by atoms with Crippen LogP contribution in [-0.4, -0.2) is 24.1 Å². The fourth-order valence-electron chi connectivity index (χ4n) is 9.60. The maximum atomic E-state index is 6.93. The van der Waals surface area contributed by atoms with Gasteiger partial charge in [-0.15, -0.1) is 0 Å². The molecule has 13 aromatic rings. The molecule has 0 fully saturated rings. The molecular weight excluding hydrogens is 771 g/mol. The lowest BCUT2D eigenvalue weighted by atomic mass is 10.0. The molecule has 6 heteroatoms. The summed E-state index contributed by atoms with van der Waals surface area (Å²) in [5.41, 5.74) is 13.1. The van der Waals surface area contributed by atoms with Crippen LogP contribution >= 0.6 is 0 Å². The van der Waals surface area contributed by atoms with Gasteiger partial charge in [-0.25, -0.2) is 15.0 Å². The van der Waals surface area contributed by atoms with E-state index < -0.39 is 0 Å². The summed E-state index contributed by atoms with van der Waals surface area (Å²) in [6.45, 7) is 0. The van der Waals surface area contributed by atoms with E-state index in [1.54, 1.807) is 0 Å². The normalized spacial score (nSPS) is 11.8. The standard InChI is InChI=1S/C57H35N5O/c1-5-17-36(18-6-1)39-29-31-46-44(35-39)52-48(34-33-47-51(52)41-25-13-15-27-45(41)61(47)40-23-11-4-12-24-40)62(46)49-32-30-43(54-53(49)42-26-14-16-28-50(42)63-54)57-59-55(37-19-7-2-8-20-37)58-56(60-57)38-21-9-3-10-22-38/h1-35H. The highest BCUT2D eigenvalue weighted by atomic mass is 16.3. The fourth-order valence-corrected chi connectivity index (χ4v) is 9.60. The summed E-state index contributed by atoms with van der Waals surface area (Å²) < 4.78 is 11.8. The molecule has 0 aliphatic heterocycles. The smallest absolute Gasteiger partial charge is 0.167 e. The first-order valence-corrected chi connectivity index (χ1v) is 21.2. The maximum Gasteiger partial charge on any atom is 0.167 e. The molecule has 0 atom stereocenters. The summed E-state index contributed by atoms with van der Waals surface area (Å²) in [7, 11) is 0. The van der Waals surface area contributed by atoms with E-state index in [1.807, 2.05) is 72.8 Å². The second-order valence-corrected chi connectivity index (χ2v) is 15.9. The van der Waals surface area contributed by atoms with Crippen LogP contribution in [0.5, 0.6) is 0 Å². The number of para-hydroxylation sites is 3. The van der Waals surface area contributed by atoms with Crippen molar-refractivity contribution in [3.63, 3.8) is 0 Å². The summed E-state index contributed by atoms with van der Waals surface area (Å²) in [4.78, 5) is 15.3. The molecule has 0 aliphatic carbocycles. The van der Waals surface area contributed by atoms with Crippen molar-refractivity contribution in [2.45, 2.75) is 0 Å². The summed E-state index contributed by atoms with van der Waals surface area (Å²) in [6.07, 6.45) is 0. The molecule has 0 saturated carbocycles. The summed E-state index contributed by atoms with van der Waals surface area (Å²) in [5, 5.41) is 6.81. The number of furan rings is 1. The molecule has 0 aliphatic rings. The van der Waals surface area contributed by atoms with Gasteiger partial charge in [0.15, 0.2) is 17.5 Å². The van der Waals surface area contributed by atoms with E-state index in [2.05, 4.69) is 149 Å². The van der Waals surface area contributed by atoms with E-state index in [9.17, 15) is 0 Å². The van der Waals surface area contributed by atoms with Crippen LogP contribution in [0.25, 0.3) is 122 Å². The lowest BCUT2D eigenvalue weighted by Crippen LogP contribution is -2.01. The van der Waals surface area contributed by atoms with Crippen LogP contribution in [0.3, 0.4) is 0 Å². The van der Waals surface area contributed by atoms with Crippen molar-refractivity contribution >= 4 is 65.6 Å². The number of fused-ring (bicyclic) bond motifs is 10. The van der Waals surface area contributed by atoms with Gasteiger partial charge in [0, 0.05) is 43.7 Å². The number of nitrogens with zero attached hydrogens (tertiary/aromatic N) is 5. The Kier molecular flexibility index (Phi) is 7.80. The van der Waals surface area contributed by atoms with E-state index in [4.69, 9.17) is 19.4 Å². The number of aromatic nitrogens is 5. The predicted octanol–water partition coefficient (Wildman–Crippen LogP) is 14.6. The predicted molar refractivity (Wildman–Crippen MR) is 258 cm³/mol. The molecule has 0 bridgehead atoms. The van der Waals surface area contributed by atoms with Gasteiger partial charge < -0.3 is 13.6 Å². The number of hydrogen-bond acceptors (Lipinski definition) is 4. The zero-order valence-electron chi connectivity index (χ0n) is 33.9. The summed E-state index contributed by atoms with van der Waals surface area (Å²) in [5.74, 6) is 1.75. The molecule has 0 amide bonds. The van der Waals surface area contributed by atoms with Crippen molar-refractivity contribution in [3.8, 4) is 56.7 Å². The Balaban J connectivity index is 1.14. The van der Waals surface area contributed by atoms with Gasteiger partial charge in [0.1, 0.15) is 11.2 Å². The van der Waals surface area contributed by atoms with Gasteiger partial charge in [0.05, 0.1) is 38.7 Å². The van der Waals surface area contributed by atoms with E-state index in [1.165, 1.54) is 38.2 Å². The highest BCUT2D eigenvalue weighted by molar-refractivity contribution is 6.30. The average molecular weight is 806 g/mol. The Labute approximate surface area is 361 Å².